The van der Waals surface area contributed by atoms with Gasteiger partial charge in [-0.25, -0.2) is 9.97 Å². The van der Waals surface area contributed by atoms with Crippen molar-refractivity contribution in [1.29, 1.82) is 0 Å². The molecule has 0 amide bonds. The van der Waals surface area contributed by atoms with Crippen molar-refractivity contribution in [2.75, 3.05) is 7.11 Å². The Morgan fingerprint density at radius 3 is 2.94 bits per heavy atom. The van der Waals surface area contributed by atoms with Gasteiger partial charge in [0.25, 0.3) is 0 Å². The van der Waals surface area contributed by atoms with E-state index in [2.05, 4.69) is 9.97 Å². The molecule has 1 aromatic carbocycles. The van der Waals surface area contributed by atoms with E-state index in [1.165, 1.54) is 0 Å². The molecule has 2 heterocycles. The van der Waals surface area contributed by atoms with Crippen molar-refractivity contribution >= 4 is 17.1 Å². The van der Waals surface area contributed by atoms with Crippen molar-refractivity contribution in [3.8, 4) is 11.6 Å². The molecule has 2 aromatic rings. The van der Waals surface area contributed by atoms with Crippen molar-refractivity contribution in [2.45, 2.75) is 0 Å². The average molecular weight is 226 g/mol. The minimum absolute atomic E-state index is 0.510. The van der Waals surface area contributed by atoms with Crippen LogP contribution in [0.25, 0.3) is 17.1 Å². The summed E-state index contributed by atoms with van der Waals surface area (Å²) in [5, 5.41) is 0. The van der Waals surface area contributed by atoms with E-state index in [-0.39, 0.29) is 0 Å². The van der Waals surface area contributed by atoms with Crippen LogP contribution in [0.2, 0.25) is 0 Å². The second-order valence-corrected chi connectivity index (χ2v) is 3.57. The van der Waals surface area contributed by atoms with Crippen molar-refractivity contribution in [3.05, 3.63) is 42.3 Å². The molecule has 0 saturated heterocycles. The van der Waals surface area contributed by atoms with Gasteiger partial charge in [-0.1, -0.05) is 6.08 Å². The number of rotatable bonds is 1. The molecule has 0 unspecified atom stereocenters. The standard InChI is InChI=1S/C13H10N2O2/c1-16-9-5-6-10-12(8-9)15-13-11(14-10)4-2-3-7-17-13/h2-8H,1H3. The van der Waals surface area contributed by atoms with Gasteiger partial charge < -0.3 is 9.47 Å². The van der Waals surface area contributed by atoms with E-state index in [9.17, 15) is 0 Å². The van der Waals surface area contributed by atoms with E-state index in [1.54, 1.807) is 19.4 Å². The third kappa shape index (κ3) is 1.73. The van der Waals surface area contributed by atoms with Crippen LogP contribution in [-0.4, -0.2) is 17.1 Å². The quantitative estimate of drug-likeness (QED) is 0.749. The highest BCUT2D eigenvalue weighted by Crippen LogP contribution is 2.24. The predicted octanol–water partition coefficient (Wildman–Crippen LogP) is 2.56. The number of ether oxygens (including phenoxy) is 2. The van der Waals surface area contributed by atoms with Gasteiger partial charge in [-0.2, -0.15) is 0 Å². The molecule has 0 saturated carbocycles. The Labute approximate surface area is 98.2 Å². The molecule has 4 heteroatoms. The molecule has 0 atom stereocenters. The molecule has 17 heavy (non-hydrogen) atoms. The molecule has 1 aliphatic heterocycles. The molecule has 0 bridgehead atoms. The Morgan fingerprint density at radius 2 is 2.06 bits per heavy atom. The highest BCUT2D eigenvalue weighted by molar-refractivity contribution is 5.78. The van der Waals surface area contributed by atoms with Crippen LogP contribution in [-0.2, 0) is 0 Å². The lowest BCUT2D eigenvalue weighted by Gasteiger charge is -2.05. The number of fused-ring (bicyclic) bond motifs is 2. The topological polar surface area (TPSA) is 44.2 Å². The average Bonchev–Trinajstić information content (AvgIpc) is 2.60. The molecule has 0 aliphatic carbocycles. The van der Waals surface area contributed by atoms with Crippen LogP contribution < -0.4 is 9.47 Å². The normalized spacial score (nSPS) is 13.0. The van der Waals surface area contributed by atoms with E-state index >= 15 is 0 Å². The molecular weight excluding hydrogens is 216 g/mol. The van der Waals surface area contributed by atoms with Crippen molar-refractivity contribution in [1.82, 2.24) is 9.97 Å². The maximum absolute atomic E-state index is 5.37. The van der Waals surface area contributed by atoms with Gasteiger partial charge in [0.1, 0.15) is 11.4 Å². The van der Waals surface area contributed by atoms with Crippen LogP contribution in [0.3, 0.4) is 0 Å². The smallest absolute Gasteiger partial charge is 0.245 e. The molecule has 0 radical (unpaired) electrons. The van der Waals surface area contributed by atoms with Crippen molar-refractivity contribution in [2.24, 2.45) is 0 Å². The van der Waals surface area contributed by atoms with Crippen molar-refractivity contribution < 1.29 is 9.47 Å². The lowest BCUT2D eigenvalue weighted by atomic mass is 10.2. The van der Waals surface area contributed by atoms with Crippen LogP contribution in [0.15, 0.2) is 36.6 Å². The van der Waals surface area contributed by atoms with Gasteiger partial charge in [0, 0.05) is 6.07 Å². The number of methoxy groups -OCH3 is 1. The summed E-state index contributed by atoms with van der Waals surface area (Å²) in [7, 11) is 1.63. The van der Waals surface area contributed by atoms with E-state index in [1.807, 2.05) is 30.4 Å². The van der Waals surface area contributed by atoms with E-state index in [4.69, 9.17) is 9.47 Å². The summed E-state index contributed by atoms with van der Waals surface area (Å²) in [4.78, 5) is 8.90. The first-order chi connectivity index (χ1) is 8.36. The molecule has 1 aliphatic rings. The Bertz CT molecular complexity index is 633. The Morgan fingerprint density at radius 1 is 1.12 bits per heavy atom. The summed E-state index contributed by atoms with van der Waals surface area (Å²) < 4.78 is 10.5. The van der Waals surface area contributed by atoms with Crippen LogP contribution in [0.4, 0.5) is 0 Å². The minimum Gasteiger partial charge on any atom is -0.497 e. The number of nitrogens with zero attached hydrogens (tertiary/aromatic N) is 2. The SMILES string of the molecule is COc1ccc2nc3c(nc2c1)OC=CC=C3. The first-order valence-corrected chi connectivity index (χ1v) is 5.22. The van der Waals surface area contributed by atoms with Crippen LogP contribution in [0.5, 0.6) is 11.6 Å². The Balaban J connectivity index is 2.23. The molecule has 0 fully saturated rings. The molecular formula is C13H10N2O2. The Kier molecular flexibility index (Phi) is 2.26. The Hall–Kier alpha value is -2.36. The van der Waals surface area contributed by atoms with Gasteiger partial charge in [-0.15, -0.1) is 0 Å². The molecule has 1 aromatic heterocycles. The predicted molar refractivity (Wildman–Crippen MR) is 64.9 cm³/mol. The second-order valence-electron chi connectivity index (χ2n) is 3.57. The number of benzene rings is 1. The van der Waals surface area contributed by atoms with E-state index in [0.717, 1.165) is 22.5 Å². The fourth-order valence-corrected chi connectivity index (χ4v) is 1.65. The first-order valence-electron chi connectivity index (χ1n) is 5.22. The first kappa shape index (κ1) is 9.84. The fraction of sp³-hybridized carbons (Fsp3) is 0.0769. The molecule has 3 rings (SSSR count). The van der Waals surface area contributed by atoms with E-state index in [0.29, 0.717) is 5.88 Å². The van der Waals surface area contributed by atoms with E-state index < -0.39 is 0 Å². The lowest BCUT2D eigenvalue weighted by molar-refractivity contribution is 0.415. The number of hydrogen-bond acceptors (Lipinski definition) is 4. The number of allylic oxidation sites excluding steroid dienone is 2. The lowest BCUT2D eigenvalue weighted by Crippen LogP contribution is -1.95. The summed E-state index contributed by atoms with van der Waals surface area (Å²) in [6.07, 6.45) is 7.13. The van der Waals surface area contributed by atoms with Gasteiger partial charge in [-0.05, 0) is 24.3 Å². The van der Waals surface area contributed by atoms with Crippen LogP contribution in [0, 0.1) is 0 Å². The molecule has 0 spiro atoms. The van der Waals surface area contributed by atoms with Gasteiger partial charge in [0.05, 0.1) is 24.4 Å². The van der Waals surface area contributed by atoms with Crippen LogP contribution in [0.1, 0.15) is 5.69 Å². The third-order valence-electron chi connectivity index (χ3n) is 2.49. The van der Waals surface area contributed by atoms with Gasteiger partial charge in [-0.3, -0.25) is 0 Å². The summed E-state index contributed by atoms with van der Waals surface area (Å²) in [5.74, 6) is 1.27. The second kappa shape index (κ2) is 3.90. The summed E-state index contributed by atoms with van der Waals surface area (Å²) >= 11 is 0. The third-order valence-corrected chi connectivity index (χ3v) is 2.49. The van der Waals surface area contributed by atoms with Gasteiger partial charge in [0.2, 0.25) is 5.88 Å². The molecule has 84 valence electrons. The highest BCUT2D eigenvalue weighted by atomic mass is 16.5. The number of aromatic nitrogens is 2. The zero-order chi connectivity index (χ0) is 11.7. The largest absolute Gasteiger partial charge is 0.497 e. The maximum Gasteiger partial charge on any atom is 0.245 e. The summed E-state index contributed by atoms with van der Waals surface area (Å²) in [6.45, 7) is 0. The van der Waals surface area contributed by atoms with Crippen molar-refractivity contribution in [3.63, 3.8) is 0 Å². The van der Waals surface area contributed by atoms with Crippen LogP contribution >= 0.6 is 0 Å². The number of hydrogen-bond donors (Lipinski definition) is 0. The maximum atomic E-state index is 5.37. The summed E-state index contributed by atoms with van der Waals surface area (Å²) in [6, 6.07) is 5.58. The molecule has 4 nitrogen and oxygen atoms in total. The zero-order valence-corrected chi connectivity index (χ0v) is 9.25. The fourth-order valence-electron chi connectivity index (χ4n) is 1.65. The van der Waals surface area contributed by atoms with Gasteiger partial charge >= 0.3 is 0 Å². The monoisotopic (exact) mass is 226 g/mol. The van der Waals surface area contributed by atoms with Gasteiger partial charge in [0.15, 0.2) is 0 Å². The minimum atomic E-state index is 0.510. The summed E-state index contributed by atoms with van der Waals surface area (Å²) in [5.41, 5.74) is 2.30. The molecule has 0 N–H and O–H groups in total. The highest BCUT2D eigenvalue weighted by Gasteiger charge is 2.09. The zero-order valence-electron chi connectivity index (χ0n) is 9.25.